The summed E-state index contributed by atoms with van der Waals surface area (Å²) in [6.07, 6.45) is 3.94. The Morgan fingerprint density at radius 3 is 2.50 bits per heavy atom. The Bertz CT molecular complexity index is 178. The summed E-state index contributed by atoms with van der Waals surface area (Å²) in [6, 6.07) is 0. The van der Waals surface area contributed by atoms with E-state index in [1.165, 1.54) is 24.8 Å². The lowest BCUT2D eigenvalue weighted by Gasteiger charge is -2.15. The topological polar surface area (TPSA) is 0 Å². The highest BCUT2D eigenvalue weighted by Crippen LogP contribution is 2.68. The summed E-state index contributed by atoms with van der Waals surface area (Å²) < 4.78 is 0. The van der Waals surface area contributed by atoms with Gasteiger partial charge in [-0.3, -0.25) is 0 Å². The molecule has 10 heavy (non-hydrogen) atoms. The first-order valence-electron chi connectivity index (χ1n) is 4.28. The first-order valence-corrected chi connectivity index (χ1v) is 4.28. The van der Waals surface area contributed by atoms with Gasteiger partial charge in [0.2, 0.25) is 0 Å². The van der Waals surface area contributed by atoms with E-state index in [9.17, 15) is 0 Å². The maximum absolute atomic E-state index is 5.86. The van der Waals surface area contributed by atoms with Gasteiger partial charge >= 0.3 is 0 Å². The number of fused-ring (bicyclic) bond motifs is 1. The highest BCUT2D eigenvalue weighted by Gasteiger charge is 2.59. The van der Waals surface area contributed by atoms with Crippen LogP contribution in [0.1, 0.15) is 33.1 Å². The van der Waals surface area contributed by atoms with Crippen molar-refractivity contribution in [3.8, 4) is 0 Å². The molecule has 1 radical (unpaired) electrons. The zero-order valence-corrected chi connectivity index (χ0v) is 6.85. The van der Waals surface area contributed by atoms with Crippen molar-refractivity contribution in [2.75, 3.05) is 0 Å². The average Bonchev–Trinajstić information content (AvgIpc) is 2.52. The Morgan fingerprint density at radius 1 is 1.60 bits per heavy atom. The second-order valence-corrected chi connectivity index (χ2v) is 4.22. The van der Waals surface area contributed by atoms with Crippen molar-refractivity contribution in [3.05, 3.63) is 12.2 Å². The van der Waals surface area contributed by atoms with Crippen LogP contribution in [-0.4, -0.2) is 0 Å². The second kappa shape index (κ2) is 1.66. The molecule has 2 rings (SSSR count). The quantitative estimate of drug-likeness (QED) is 0.518. The van der Waals surface area contributed by atoms with Gasteiger partial charge in [-0.25, -0.2) is 0 Å². The molecule has 0 N–H and O–H groups in total. The molecule has 0 saturated heterocycles. The molecule has 2 aliphatic carbocycles. The Kier molecular flexibility index (Phi) is 1.07. The van der Waals surface area contributed by atoms with Gasteiger partial charge in [0.25, 0.3) is 0 Å². The van der Waals surface area contributed by atoms with E-state index in [1.807, 2.05) is 0 Å². The molecule has 0 aromatic heterocycles. The van der Waals surface area contributed by atoms with Gasteiger partial charge in [-0.15, -0.1) is 0 Å². The van der Waals surface area contributed by atoms with E-state index in [4.69, 9.17) is 6.58 Å². The maximum Gasteiger partial charge on any atom is -0.0135 e. The minimum Gasteiger partial charge on any atom is -0.0665 e. The number of hydrogen-bond acceptors (Lipinski definition) is 0. The van der Waals surface area contributed by atoms with E-state index in [2.05, 4.69) is 13.8 Å². The van der Waals surface area contributed by atoms with Gasteiger partial charge in [-0.2, -0.15) is 0 Å². The SMILES string of the molecule is [CH]=C1CCC2(C(C)C)CC12. The van der Waals surface area contributed by atoms with Gasteiger partial charge in [0, 0.05) is 0 Å². The highest BCUT2D eigenvalue weighted by atomic mass is 14.6. The molecule has 2 atom stereocenters. The van der Waals surface area contributed by atoms with E-state index in [0.717, 1.165) is 11.8 Å². The van der Waals surface area contributed by atoms with Crippen LogP contribution in [0.2, 0.25) is 0 Å². The Hall–Kier alpha value is -0.260. The van der Waals surface area contributed by atoms with Gasteiger partial charge in [-0.05, 0) is 36.5 Å². The maximum atomic E-state index is 5.86. The largest absolute Gasteiger partial charge is 0.0665 e. The van der Waals surface area contributed by atoms with Crippen molar-refractivity contribution < 1.29 is 0 Å². The molecule has 0 aromatic rings. The minimum absolute atomic E-state index is 0.671. The van der Waals surface area contributed by atoms with Crippen LogP contribution in [0.5, 0.6) is 0 Å². The van der Waals surface area contributed by atoms with E-state index in [-0.39, 0.29) is 0 Å². The average molecular weight is 135 g/mol. The van der Waals surface area contributed by atoms with E-state index >= 15 is 0 Å². The molecule has 0 amide bonds. The molecule has 2 aliphatic rings. The van der Waals surface area contributed by atoms with Gasteiger partial charge in [-0.1, -0.05) is 26.0 Å². The molecule has 0 nitrogen and oxygen atoms in total. The van der Waals surface area contributed by atoms with Crippen LogP contribution in [0.15, 0.2) is 5.57 Å². The number of allylic oxidation sites excluding steroid dienone is 1. The van der Waals surface area contributed by atoms with Crippen LogP contribution in [0.3, 0.4) is 0 Å². The normalized spacial score (nSPS) is 44.3. The zero-order valence-electron chi connectivity index (χ0n) is 6.85. The van der Waals surface area contributed by atoms with Gasteiger partial charge in [0.15, 0.2) is 0 Å². The van der Waals surface area contributed by atoms with Crippen molar-refractivity contribution in [3.63, 3.8) is 0 Å². The lowest BCUT2D eigenvalue weighted by molar-refractivity contribution is 0.344. The van der Waals surface area contributed by atoms with Crippen molar-refractivity contribution >= 4 is 0 Å². The van der Waals surface area contributed by atoms with Gasteiger partial charge < -0.3 is 0 Å². The zero-order chi connectivity index (χ0) is 7.35. The molecule has 0 aliphatic heterocycles. The fourth-order valence-corrected chi connectivity index (χ4v) is 2.58. The van der Waals surface area contributed by atoms with Crippen LogP contribution in [-0.2, 0) is 0 Å². The third-order valence-corrected chi connectivity index (χ3v) is 3.59. The number of rotatable bonds is 1. The van der Waals surface area contributed by atoms with E-state index < -0.39 is 0 Å². The summed E-state index contributed by atoms with van der Waals surface area (Å²) >= 11 is 0. The van der Waals surface area contributed by atoms with Crippen LogP contribution < -0.4 is 0 Å². The van der Waals surface area contributed by atoms with Crippen LogP contribution in [0, 0.1) is 23.8 Å². The Morgan fingerprint density at radius 2 is 2.30 bits per heavy atom. The predicted molar refractivity (Wildman–Crippen MR) is 42.4 cm³/mol. The molecule has 2 unspecified atom stereocenters. The summed E-state index contributed by atoms with van der Waals surface area (Å²) in [5, 5.41) is 0. The summed E-state index contributed by atoms with van der Waals surface area (Å²) in [5.74, 6) is 1.66. The molecule has 0 heterocycles. The van der Waals surface area contributed by atoms with Crippen LogP contribution in [0.25, 0.3) is 0 Å². The van der Waals surface area contributed by atoms with Crippen molar-refractivity contribution in [1.29, 1.82) is 0 Å². The Balaban J connectivity index is 2.18. The summed E-state index contributed by atoms with van der Waals surface area (Å²) in [4.78, 5) is 0. The van der Waals surface area contributed by atoms with Crippen molar-refractivity contribution in [1.82, 2.24) is 0 Å². The van der Waals surface area contributed by atoms with Crippen LogP contribution >= 0.6 is 0 Å². The fraction of sp³-hybridized carbons (Fsp3) is 0.800. The smallest absolute Gasteiger partial charge is 0.0135 e. The summed E-state index contributed by atoms with van der Waals surface area (Å²) in [6.45, 7) is 10.5. The second-order valence-electron chi connectivity index (χ2n) is 4.22. The molecule has 0 aromatic carbocycles. The monoisotopic (exact) mass is 135 g/mol. The molecule has 0 bridgehead atoms. The molecule has 0 spiro atoms. The molecular formula is C10H15. The standard InChI is InChI=1S/C10H15/c1-7(2)10-5-4-8(3)9(10)6-10/h3,7,9H,4-6H2,1-2H3. The van der Waals surface area contributed by atoms with E-state index in [0.29, 0.717) is 5.41 Å². The van der Waals surface area contributed by atoms with Gasteiger partial charge in [0.1, 0.15) is 0 Å². The lowest BCUT2D eigenvalue weighted by Crippen LogP contribution is -2.07. The summed E-state index contributed by atoms with van der Waals surface area (Å²) in [5.41, 5.74) is 1.96. The van der Waals surface area contributed by atoms with Crippen molar-refractivity contribution in [2.24, 2.45) is 17.3 Å². The van der Waals surface area contributed by atoms with E-state index in [1.54, 1.807) is 0 Å². The first-order chi connectivity index (χ1) is 4.67. The lowest BCUT2D eigenvalue weighted by atomic mass is 9.90. The third-order valence-electron chi connectivity index (χ3n) is 3.59. The third kappa shape index (κ3) is 0.574. The molecule has 0 heteroatoms. The fourth-order valence-electron chi connectivity index (χ4n) is 2.58. The minimum atomic E-state index is 0.671. The molecule has 55 valence electrons. The molecular weight excluding hydrogens is 120 g/mol. The predicted octanol–water partition coefficient (Wildman–Crippen LogP) is 2.80. The molecule has 2 fully saturated rings. The summed E-state index contributed by atoms with van der Waals surface area (Å²) in [7, 11) is 0. The highest BCUT2D eigenvalue weighted by molar-refractivity contribution is 5.25. The first kappa shape index (κ1) is 6.45. The number of hydrogen-bond donors (Lipinski definition) is 0. The van der Waals surface area contributed by atoms with Gasteiger partial charge in [0.05, 0.1) is 0 Å². The Labute approximate surface area is 63.3 Å². The van der Waals surface area contributed by atoms with Crippen molar-refractivity contribution in [2.45, 2.75) is 33.1 Å². The van der Waals surface area contributed by atoms with Crippen LogP contribution in [0.4, 0.5) is 0 Å². The molecule has 2 saturated carbocycles.